The highest BCUT2D eigenvalue weighted by molar-refractivity contribution is 6.44. The summed E-state index contributed by atoms with van der Waals surface area (Å²) in [5.74, 6) is -1.58. The zero-order valence-corrected chi connectivity index (χ0v) is 17.9. The summed E-state index contributed by atoms with van der Waals surface area (Å²) < 4.78 is 15.1. The molecule has 1 aliphatic heterocycles. The van der Waals surface area contributed by atoms with E-state index in [0.29, 0.717) is 30.6 Å². The molecule has 9 nitrogen and oxygen atoms in total. The van der Waals surface area contributed by atoms with Gasteiger partial charge in [-0.3, -0.25) is 24.8 Å². The molecule has 3 atom stereocenters. The number of hydrogen-bond acceptors (Lipinski definition) is 6. The molecule has 2 aliphatic rings. The smallest absolute Gasteiger partial charge is 0.267 e. The van der Waals surface area contributed by atoms with Gasteiger partial charge < -0.3 is 21.3 Å². The molecule has 3 amide bonds. The minimum absolute atomic E-state index is 0.158. The van der Waals surface area contributed by atoms with Crippen LogP contribution in [0.4, 0.5) is 10.1 Å². The van der Waals surface area contributed by atoms with Crippen LogP contribution in [0.1, 0.15) is 30.4 Å². The summed E-state index contributed by atoms with van der Waals surface area (Å²) in [4.78, 5) is 42.5. The van der Waals surface area contributed by atoms with Gasteiger partial charge in [0.15, 0.2) is 5.67 Å². The number of primary amides is 1. The van der Waals surface area contributed by atoms with Crippen LogP contribution in [-0.4, -0.2) is 58.5 Å². The highest BCUT2D eigenvalue weighted by Gasteiger charge is 2.58. The summed E-state index contributed by atoms with van der Waals surface area (Å²) in [6.45, 7) is 0.259. The molecule has 1 saturated heterocycles. The average molecular weight is 452 g/mol. The molecule has 5 N–H and O–H groups in total. The Balaban J connectivity index is 1.36. The molecule has 4 rings (SSSR count). The monoisotopic (exact) mass is 452 g/mol. The van der Waals surface area contributed by atoms with Crippen molar-refractivity contribution in [2.75, 3.05) is 18.4 Å². The molecule has 2 heterocycles. The lowest BCUT2D eigenvalue weighted by Gasteiger charge is -2.25. The van der Waals surface area contributed by atoms with Gasteiger partial charge in [-0.1, -0.05) is 30.3 Å². The molecule has 2 aromatic rings. The zero-order chi connectivity index (χ0) is 23.6. The van der Waals surface area contributed by atoms with E-state index in [9.17, 15) is 14.4 Å². The van der Waals surface area contributed by atoms with Gasteiger partial charge in [0.25, 0.3) is 5.91 Å². The van der Waals surface area contributed by atoms with Gasteiger partial charge >= 0.3 is 0 Å². The topological polar surface area (TPSA) is 141 Å². The minimum Gasteiger partial charge on any atom is -0.374 e. The molecular weight excluding hydrogens is 427 g/mol. The van der Waals surface area contributed by atoms with Crippen molar-refractivity contribution < 1.29 is 18.8 Å². The lowest BCUT2D eigenvalue weighted by atomic mass is 10.1. The number of benzene rings is 1. The number of alkyl halides is 1. The number of halogens is 1. The molecular formula is C23H25FN6O3. The Labute approximate surface area is 190 Å². The standard InChI is InChI=1S/C23H25FN6O3/c24-23(14-5-2-1-3-6-14)11-18(23)29-22(33)17-7-4-10-30(17)19(31)13-28-16-12-27-9-8-15(16)20(25)21(26)32/h1-3,5-6,8-9,12,17-18,25,28H,4,7,10-11,13H2,(H2,26,32)(H,29,33)/t17-,18+,23+/m0/s1. The van der Waals surface area contributed by atoms with Gasteiger partial charge in [-0.25, -0.2) is 4.39 Å². The average Bonchev–Trinajstić information content (AvgIpc) is 3.23. The summed E-state index contributed by atoms with van der Waals surface area (Å²) in [7, 11) is 0. The van der Waals surface area contributed by atoms with Crippen molar-refractivity contribution in [3.05, 3.63) is 59.9 Å². The van der Waals surface area contributed by atoms with E-state index < -0.39 is 29.4 Å². The van der Waals surface area contributed by atoms with Crippen molar-refractivity contribution in [2.45, 2.75) is 37.0 Å². The maximum absolute atomic E-state index is 15.1. The number of carbonyl (C=O) groups excluding carboxylic acids is 3. The number of hydrogen-bond donors (Lipinski definition) is 4. The Hall–Kier alpha value is -3.82. The summed E-state index contributed by atoms with van der Waals surface area (Å²) in [6, 6.07) is 8.91. The molecule has 10 heteroatoms. The van der Waals surface area contributed by atoms with Gasteiger partial charge in [-0.2, -0.15) is 0 Å². The number of aromatic nitrogens is 1. The van der Waals surface area contributed by atoms with Crippen LogP contribution in [0.3, 0.4) is 0 Å². The Bertz CT molecular complexity index is 1090. The van der Waals surface area contributed by atoms with Crippen LogP contribution in [-0.2, 0) is 20.1 Å². The normalized spacial score (nSPS) is 23.6. The van der Waals surface area contributed by atoms with Crippen molar-refractivity contribution >= 4 is 29.1 Å². The number of nitrogens with two attached hydrogens (primary N) is 1. The van der Waals surface area contributed by atoms with Crippen molar-refractivity contribution in [2.24, 2.45) is 5.73 Å². The Morgan fingerprint density at radius 1 is 1.24 bits per heavy atom. The highest BCUT2D eigenvalue weighted by atomic mass is 19.1. The third-order valence-electron chi connectivity index (χ3n) is 6.11. The van der Waals surface area contributed by atoms with Crippen LogP contribution >= 0.6 is 0 Å². The highest BCUT2D eigenvalue weighted by Crippen LogP contribution is 2.49. The Kier molecular flexibility index (Phi) is 6.08. The Morgan fingerprint density at radius 2 is 2.00 bits per heavy atom. The van der Waals surface area contributed by atoms with Crippen LogP contribution in [0, 0.1) is 5.41 Å². The first-order chi connectivity index (χ1) is 15.8. The van der Waals surface area contributed by atoms with Crippen molar-refractivity contribution in [3.8, 4) is 0 Å². The van der Waals surface area contributed by atoms with Gasteiger partial charge in [0, 0.05) is 24.7 Å². The van der Waals surface area contributed by atoms with Crippen molar-refractivity contribution in [1.82, 2.24) is 15.2 Å². The van der Waals surface area contributed by atoms with E-state index in [1.54, 1.807) is 24.3 Å². The fourth-order valence-corrected chi connectivity index (χ4v) is 4.20. The first-order valence-corrected chi connectivity index (χ1v) is 10.7. The number of pyridine rings is 1. The van der Waals surface area contributed by atoms with E-state index in [0.717, 1.165) is 0 Å². The van der Waals surface area contributed by atoms with Gasteiger partial charge in [-0.15, -0.1) is 0 Å². The summed E-state index contributed by atoms with van der Waals surface area (Å²) in [5.41, 5.74) is 4.30. The van der Waals surface area contributed by atoms with Gasteiger partial charge in [-0.05, 0) is 24.5 Å². The van der Waals surface area contributed by atoms with Gasteiger partial charge in [0.2, 0.25) is 11.8 Å². The van der Waals surface area contributed by atoms with Crippen LogP contribution in [0.15, 0.2) is 48.8 Å². The first-order valence-electron chi connectivity index (χ1n) is 10.7. The molecule has 33 heavy (non-hydrogen) atoms. The largest absolute Gasteiger partial charge is 0.374 e. The van der Waals surface area contributed by atoms with Crippen LogP contribution in [0.25, 0.3) is 0 Å². The second-order valence-corrected chi connectivity index (χ2v) is 8.25. The van der Waals surface area contributed by atoms with Crippen molar-refractivity contribution in [3.63, 3.8) is 0 Å². The Morgan fingerprint density at radius 3 is 2.73 bits per heavy atom. The molecule has 2 fully saturated rings. The van der Waals surface area contributed by atoms with E-state index in [2.05, 4.69) is 15.6 Å². The fourth-order valence-electron chi connectivity index (χ4n) is 4.20. The number of nitrogens with zero attached hydrogens (tertiary/aromatic N) is 2. The molecule has 1 saturated carbocycles. The van der Waals surface area contributed by atoms with Crippen LogP contribution in [0.5, 0.6) is 0 Å². The maximum atomic E-state index is 15.1. The first kappa shape index (κ1) is 22.4. The van der Waals surface area contributed by atoms with E-state index >= 15 is 4.39 Å². The SMILES string of the molecule is N=C(C(N)=O)c1ccncc1NCC(=O)N1CCC[C@H]1C(=O)N[C@@H]1C[C@@]1(F)c1ccccc1. The predicted molar refractivity (Wildman–Crippen MR) is 119 cm³/mol. The van der Waals surface area contributed by atoms with E-state index in [4.69, 9.17) is 11.1 Å². The molecule has 172 valence electrons. The predicted octanol–water partition coefficient (Wildman–Crippen LogP) is 1.09. The molecule has 0 unspecified atom stereocenters. The number of carbonyl (C=O) groups is 3. The second-order valence-electron chi connectivity index (χ2n) is 8.25. The van der Waals surface area contributed by atoms with Gasteiger partial charge in [0.1, 0.15) is 11.8 Å². The zero-order valence-electron chi connectivity index (χ0n) is 17.9. The summed E-state index contributed by atoms with van der Waals surface area (Å²) in [6.07, 6.45) is 4.18. The third kappa shape index (κ3) is 4.55. The molecule has 0 radical (unpaired) electrons. The maximum Gasteiger partial charge on any atom is 0.267 e. The van der Waals surface area contributed by atoms with Crippen LogP contribution < -0.4 is 16.4 Å². The molecule has 0 spiro atoms. The summed E-state index contributed by atoms with van der Waals surface area (Å²) in [5, 5.41) is 13.5. The number of likely N-dealkylation sites (tertiary alicyclic amines) is 1. The lowest BCUT2D eigenvalue weighted by molar-refractivity contribution is -0.137. The van der Waals surface area contributed by atoms with E-state index in [-0.39, 0.29) is 30.3 Å². The van der Waals surface area contributed by atoms with Crippen LogP contribution in [0.2, 0.25) is 0 Å². The number of anilines is 1. The fraction of sp³-hybridized carbons (Fsp3) is 0.348. The number of rotatable bonds is 8. The quantitative estimate of drug-likeness (QED) is 0.444. The van der Waals surface area contributed by atoms with E-state index in [1.807, 2.05) is 6.07 Å². The minimum atomic E-state index is -1.58. The van der Waals surface area contributed by atoms with E-state index in [1.165, 1.54) is 23.4 Å². The molecule has 1 aliphatic carbocycles. The third-order valence-corrected chi connectivity index (χ3v) is 6.11. The molecule has 0 bridgehead atoms. The summed E-state index contributed by atoms with van der Waals surface area (Å²) >= 11 is 0. The lowest BCUT2D eigenvalue weighted by Crippen LogP contribution is -2.48. The molecule has 1 aromatic carbocycles. The van der Waals surface area contributed by atoms with Crippen molar-refractivity contribution in [1.29, 1.82) is 5.41 Å². The second kappa shape index (κ2) is 8.97. The number of nitrogens with one attached hydrogen (secondary N) is 3. The number of amides is 3. The molecule has 1 aromatic heterocycles. The van der Waals surface area contributed by atoms with Gasteiger partial charge in [0.05, 0.1) is 24.5 Å².